The van der Waals surface area contributed by atoms with Gasteiger partial charge in [0, 0.05) is 26.1 Å². The lowest BCUT2D eigenvalue weighted by atomic mass is 10.2. The van der Waals surface area contributed by atoms with Crippen LogP contribution < -0.4 is 0 Å². The summed E-state index contributed by atoms with van der Waals surface area (Å²) >= 11 is 0. The van der Waals surface area contributed by atoms with Gasteiger partial charge < -0.3 is 9.33 Å². The normalized spacial score (nSPS) is 12.8. The number of nitrogens with zero attached hydrogens (tertiary/aromatic N) is 2. The third-order valence-corrected chi connectivity index (χ3v) is 8.20. The smallest absolute Gasteiger partial charge is 0.192 e. The molecule has 0 aliphatic rings. The standard InChI is InChI=1S/C13H28N2OSi/c1-7-15(10-8-9-14)11-12-16-17(5,6)13(2,3)4/h7-8,10-12H2,1-6H3. The summed E-state index contributed by atoms with van der Waals surface area (Å²) in [4.78, 5) is 2.27. The second kappa shape index (κ2) is 7.15. The van der Waals surface area contributed by atoms with E-state index >= 15 is 0 Å². The fourth-order valence-corrected chi connectivity index (χ4v) is 2.32. The molecule has 0 saturated heterocycles. The van der Waals surface area contributed by atoms with Crippen LogP contribution in [0.2, 0.25) is 18.1 Å². The highest BCUT2D eigenvalue weighted by Crippen LogP contribution is 2.36. The van der Waals surface area contributed by atoms with E-state index < -0.39 is 8.32 Å². The van der Waals surface area contributed by atoms with E-state index in [1.54, 1.807) is 0 Å². The molecular weight excluding hydrogens is 228 g/mol. The first-order chi connectivity index (χ1) is 7.74. The molecule has 0 spiro atoms. The zero-order chi connectivity index (χ0) is 13.5. The van der Waals surface area contributed by atoms with Gasteiger partial charge in [-0.15, -0.1) is 0 Å². The van der Waals surface area contributed by atoms with Gasteiger partial charge in [-0.2, -0.15) is 5.26 Å². The van der Waals surface area contributed by atoms with Gasteiger partial charge >= 0.3 is 0 Å². The van der Waals surface area contributed by atoms with Crippen molar-refractivity contribution in [1.82, 2.24) is 4.90 Å². The van der Waals surface area contributed by atoms with E-state index in [-0.39, 0.29) is 5.04 Å². The molecule has 4 heteroatoms. The summed E-state index contributed by atoms with van der Waals surface area (Å²) in [7, 11) is -1.61. The van der Waals surface area contributed by atoms with E-state index in [0.717, 1.165) is 26.2 Å². The quantitative estimate of drug-likeness (QED) is 0.656. The Morgan fingerprint density at radius 3 is 2.24 bits per heavy atom. The van der Waals surface area contributed by atoms with Crippen LogP contribution in [-0.2, 0) is 4.43 Å². The first-order valence-electron chi connectivity index (χ1n) is 6.48. The summed E-state index contributed by atoms with van der Waals surface area (Å²) in [6.45, 7) is 17.0. The van der Waals surface area contributed by atoms with E-state index in [2.05, 4.69) is 51.8 Å². The van der Waals surface area contributed by atoms with Crippen molar-refractivity contribution < 1.29 is 4.43 Å². The van der Waals surface area contributed by atoms with Gasteiger partial charge in [0.25, 0.3) is 0 Å². The van der Waals surface area contributed by atoms with Gasteiger partial charge in [0.2, 0.25) is 0 Å². The highest BCUT2D eigenvalue weighted by molar-refractivity contribution is 6.74. The van der Waals surface area contributed by atoms with Crippen LogP contribution in [-0.4, -0.2) is 39.5 Å². The molecular formula is C13H28N2OSi. The summed E-state index contributed by atoms with van der Waals surface area (Å²) in [5.41, 5.74) is 0. The fourth-order valence-electron chi connectivity index (χ4n) is 1.28. The molecule has 0 aromatic heterocycles. The maximum absolute atomic E-state index is 8.57. The van der Waals surface area contributed by atoms with Crippen LogP contribution in [0.3, 0.4) is 0 Å². The molecule has 0 aliphatic carbocycles. The number of likely N-dealkylation sites (N-methyl/N-ethyl adjacent to an activating group) is 1. The van der Waals surface area contributed by atoms with Crippen molar-refractivity contribution in [2.75, 3.05) is 26.2 Å². The van der Waals surface area contributed by atoms with E-state index in [4.69, 9.17) is 9.69 Å². The van der Waals surface area contributed by atoms with Crippen LogP contribution >= 0.6 is 0 Å². The summed E-state index contributed by atoms with van der Waals surface area (Å²) in [5, 5.41) is 8.85. The Labute approximate surface area is 108 Å². The first-order valence-corrected chi connectivity index (χ1v) is 9.38. The number of hydrogen-bond donors (Lipinski definition) is 0. The molecule has 0 radical (unpaired) electrons. The van der Waals surface area contributed by atoms with Gasteiger partial charge in [0.1, 0.15) is 0 Å². The molecule has 0 aromatic carbocycles. The fraction of sp³-hybridized carbons (Fsp3) is 0.923. The van der Waals surface area contributed by atoms with Gasteiger partial charge in [0.15, 0.2) is 8.32 Å². The summed E-state index contributed by atoms with van der Waals surface area (Å²) in [6, 6.07) is 2.19. The van der Waals surface area contributed by atoms with Gasteiger partial charge in [0.05, 0.1) is 6.07 Å². The second-order valence-electron chi connectivity index (χ2n) is 5.95. The molecule has 0 N–H and O–H groups in total. The van der Waals surface area contributed by atoms with Crippen molar-refractivity contribution in [3.63, 3.8) is 0 Å². The van der Waals surface area contributed by atoms with E-state index in [1.165, 1.54) is 0 Å². The Morgan fingerprint density at radius 1 is 1.24 bits per heavy atom. The van der Waals surface area contributed by atoms with Crippen molar-refractivity contribution in [3.8, 4) is 6.07 Å². The van der Waals surface area contributed by atoms with Crippen LogP contribution in [0.1, 0.15) is 34.1 Å². The lowest BCUT2D eigenvalue weighted by molar-refractivity contribution is 0.206. The minimum Gasteiger partial charge on any atom is -0.416 e. The van der Waals surface area contributed by atoms with Gasteiger partial charge in [-0.05, 0) is 24.7 Å². The predicted molar refractivity (Wildman–Crippen MR) is 75.5 cm³/mol. The molecule has 0 atom stereocenters. The topological polar surface area (TPSA) is 36.3 Å². The van der Waals surface area contributed by atoms with E-state index in [9.17, 15) is 0 Å². The third kappa shape index (κ3) is 6.20. The lowest BCUT2D eigenvalue weighted by Crippen LogP contribution is -2.42. The monoisotopic (exact) mass is 256 g/mol. The molecule has 100 valence electrons. The maximum atomic E-state index is 8.57. The van der Waals surface area contributed by atoms with Crippen molar-refractivity contribution in [2.45, 2.75) is 52.2 Å². The Hall–Kier alpha value is -0.373. The minimum atomic E-state index is -1.61. The highest BCUT2D eigenvalue weighted by atomic mass is 28.4. The number of nitriles is 1. The molecule has 0 rings (SSSR count). The molecule has 0 aliphatic heterocycles. The summed E-state index contributed by atoms with van der Waals surface area (Å²) < 4.78 is 6.12. The molecule has 0 unspecified atom stereocenters. The zero-order valence-electron chi connectivity index (χ0n) is 12.3. The molecule has 3 nitrogen and oxygen atoms in total. The Bertz CT molecular complexity index is 253. The molecule has 17 heavy (non-hydrogen) atoms. The molecule has 0 saturated carbocycles. The van der Waals surface area contributed by atoms with Crippen molar-refractivity contribution in [1.29, 1.82) is 5.26 Å². The molecule has 0 heterocycles. The minimum absolute atomic E-state index is 0.275. The van der Waals surface area contributed by atoms with Crippen LogP contribution in [0.15, 0.2) is 0 Å². The van der Waals surface area contributed by atoms with Crippen LogP contribution in [0.25, 0.3) is 0 Å². The molecule has 0 bridgehead atoms. The largest absolute Gasteiger partial charge is 0.416 e. The van der Waals surface area contributed by atoms with E-state index in [0.29, 0.717) is 6.42 Å². The Morgan fingerprint density at radius 2 is 1.82 bits per heavy atom. The maximum Gasteiger partial charge on any atom is 0.192 e. The Balaban J connectivity index is 4.01. The SMILES string of the molecule is CCN(CCC#N)CCO[Si](C)(C)C(C)(C)C. The van der Waals surface area contributed by atoms with Crippen LogP contribution in [0.4, 0.5) is 0 Å². The second-order valence-corrected chi connectivity index (χ2v) is 10.8. The van der Waals surface area contributed by atoms with Gasteiger partial charge in [-0.3, -0.25) is 0 Å². The molecule has 0 amide bonds. The van der Waals surface area contributed by atoms with E-state index in [1.807, 2.05) is 0 Å². The van der Waals surface area contributed by atoms with Crippen molar-refractivity contribution >= 4 is 8.32 Å². The summed E-state index contributed by atoms with van der Waals surface area (Å²) in [6.07, 6.45) is 0.605. The Kier molecular flexibility index (Phi) is 6.99. The summed E-state index contributed by atoms with van der Waals surface area (Å²) in [5.74, 6) is 0. The van der Waals surface area contributed by atoms with Crippen LogP contribution in [0, 0.1) is 11.3 Å². The van der Waals surface area contributed by atoms with Gasteiger partial charge in [-0.1, -0.05) is 27.7 Å². The zero-order valence-corrected chi connectivity index (χ0v) is 13.3. The van der Waals surface area contributed by atoms with Crippen molar-refractivity contribution in [3.05, 3.63) is 0 Å². The first kappa shape index (κ1) is 16.6. The van der Waals surface area contributed by atoms with Crippen molar-refractivity contribution in [2.24, 2.45) is 0 Å². The average Bonchev–Trinajstić information content (AvgIpc) is 2.21. The number of hydrogen-bond acceptors (Lipinski definition) is 3. The average molecular weight is 256 g/mol. The number of rotatable bonds is 7. The molecule has 0 aromatic rings. The van der Waals surface area contributed by atoms with Crippen LogP contribution in [0.5, 0.6) is 0 Å². The predicted octanol–water partition coefficient (Wildman–Crippen LogP) is 3.24. The lowest BCUT2D eigenvalue weighted by Gasteiger charge is -2.36. The third-order valence-electron chi connectivity index (χ3n) is 3.66. The molecule has 0 fully saturated rings. The van der Waals surface area contributed by atoms with Gasteiger partial charge in [-0.25, -0.2) is 0 Å². The highest BCUT2D eigenvalue weighted by Gasteiger charge is 2.36.